The summed E-state index contributed by atoms with van der Waals surface area (Å²) in [7, 11) is 0. The molecule has 25 heavy (non-hydrogen) atoms. The van der Waals surface area contributed by atoms with Crippen molar-refractivity contribution in [1.29, 1.82) is 5.26 Å². The molecule has 124 valence electrons. The van der Waals surface area contributed by atoms with Gasteiger partial charge in [-0.3, -0.25) is 4.79 Å². The molecule has 0 aliphatic carbocycles. The van der Waals surface area contributed by atoms with Crippen molar-refractivity contribution >= 4 is 28.5 Å². The van der Waals surface area contributed by atoms with Gasteiger partial charge in [0, 0.05) is 6.54 Å². The standard InChI is InChI=1S/C18H12ClFN4O/c19-17-16(23-14-6-1-2-7-15(14)24-17)13(9-21)18(25)22-10-11-4-3-5-12(20)8-11/h1-8,13H,10H2,(H,22,25). The van der Waals surface area contributed by atoms with Gasteiger partial charge in [0.15, 0.2) is 11.1 Å². The third-order valence-corrected chi connectivity index (χ3v) is 3.85. The Labute approximate surface area is 148 Å². The number of rotatable bonds is 4. The van der Waals surface area contributed by atoms with Gasteiger partial charge in [-0.15, -0.1) is 0 Å². The van der Waals surface area contributed by atoms with Crippen LogP contribution in [0.2, 0.25) is 5.15 Å². The van der Waals surface area contributed by atoms with E-state index in [0.717, 1.165) is 0 Å². The summed E-state index contributed by atoms with van der Waals surface area (Å²) in [6, 6.07) is 14.8. The molecule has 0 aliphatic rings. The van der Waals surface area contributed by atoms with E-state index < -0.39 is 17.6 Å². The van der Waals surface area contributed by atoms with Gasteiger partial charge in [-0.1, -0.05) is 35.9 Å². The molecule has 5 nitrogen and oxygen atoms in total. The molecule has 3 aromatic rings. The van der Waals surface area contributed by atoms with Gasteiger partial charge < -0.3 is 5.32 Å². The van der Waals surface area contributed by atoms with Crippen molar-refractivity contribution in [2.24, 2.45) is 0 Å². The topological polar surface area (TPSA) is 78.7 Å². The lowest BCUT2D eigenvalue weighted by Gasteiger charge is -2.12. The molecule has 1 heterocycles. The van der Waals surface area contributed by atoms with Gasteiger partial charge in [-0.05, 0) is 29.8 Å². The number of aromatic nitrogens is 2. The summed E-state index contributed by atoms with van der Waals surface area (Å²) < 4.78 is 13.2. The van der Waals surface area contributed by atoms with Crippen LogP contribution in [0.25, 0.3) is 11.0 Å². The number of carbonyl (C=O) groups excluding carboxylic acids is 1. The first-order valence-corrected chi connectivity index (χ1v) is 7.80. The van der Waals surface area contributed by atoms with Crippen LogP contribution in [-0.2, 0) is 11.3 Å². The normalized spacial score (nSPS) is 11.7. The summed E-state index contributed by atoms with van der Waals surface area (Å²) in [5.74, 6) is -2.18. The lowest BCUT2D eigenvalue weighted by molar-refractivity contribution is -0.121. The predicted octanol–water partition coefficient (Wildman–Crippen LogP) is 3.35. The molecule has 3 rings (SSSR count). The second-order valence-electron chi connectivity index (χ2n) is 5.30. The minimum absolute atomic E-state index is 0.00570. The lowest BCUT2D eigenvalue weighted by Crippen LogP contribution is -2.29. The van der Waals surface area contributed by atoms with Gasteiger partial charge in [-0.25, -0.2) is 14.4 Å². The highest BCUT2D eigenvalue weighted by Gasteiger charge is 2.25. The lowest BCUT2D eigenvalue weighted by atomic mass is 10.1. The number of nitrogens with zero attached hydrogens (tertiary/aromatic N) is 3. The number of benzene rings is 2. The Balaban J connectivity index is 1.83. The minimum Gasteiger partial charge on any atom is -0.351 e. The molecule has 1 N–H and O–H groups in total. The fourth-order valence-corrected chi connectivity index (χ4v) is 2.60. The number of halogens is 2. The van der Waals surface area contributed by atoms with E-state index in [1.165, 1.54) is 12.1 Å². The maximum atomic E-state index is 13.2. The summed E-state index contributed by atoms with van der Waals surface area (Å²) in [5.41, 5.74) is 1.80. The zero-order valence-corrected chi connectivity index (χ0v) is 13.7. The van der Waals surface area contributed by atoms with Crippen molar-refractivity contribution in [3.63, 3.8) is 0 Å². The molecule has 0 saturated heterocycles. The van der Waals surface area contributed by atoms with E-state index in [9.17, 15) is 14.4 Å². The molecule has 0 radical (unpaired) electrons. The average Bonchev–Trinajstić information content (AvgIpc) is 2.61. The smallest absolute Gasteiger partial charge is 0.243 e. The van der Waals surface area contributed by atoms with Gasteiger partial charge in [0.25, 0.3) is 0 Å². The summed E-state index contributed by atoms with van der Waals surface area (Å²) in [5, 5.41) is 12.0. The molecule has 1 amide bonds. The van der Waals surface area contributed by atoms with Crippen LogP contribution < -0.4 is 5.32 Å². The third kappa shape index (κ3) is 3.73. The average molecular weight is 355 g/mol. The maximum absolute atomic E-state index is 13.2. The van der Waals surface area contributed by atoms with Crippen LogP contribution in [0.5, 0.6) is 0 Å². The molecule has 1 atom stereocenters. The highest BCUT2D eigenvalue weighted by atomic mass is 35.5. The highest BCUT2D eigenvalue weighted by molar-refractivity contribution is 6.30. The van der Waals surface area contributed by atoms with E-state index >= 15 is 0 Å². The predicted molar refractivity (Wildman–Crippen MR) is 91.1 cm³/mol. The molecule has 0 spiro atoms. The quantitative estimate of drug-likeness (QED) is 0.779. The number of nitrogens with one attached hydrogen (secondary N) is 1. The van der Waals surface area contributed by atoms with Gasteiger partial charge in [0.05, 0.1) is 17.1 Å². The maximum Gasteiger partial charge on any atom is 0.243 e. The molecule has 1 unspecified atom stereocenters. The third-order valence-electron chi connectivity index (χ3n) is 3.57. The minimum atomic E-state index is -1.21. The second kappa shape index (κ2) is 7.24. The number of hydrogen-bond donors (Lipinski definition) is 1. The van der Waals surface area contributed by atoms with Crippen LogP contribution in [0.4, 0.5) is 4.39 Å². The number of amides is 1. The second-order valence-corrected chi connectivity index (χ2v) is 5.66. The first-order valence-electron chi connectivity index (χ1n) is 7.42. The van der Waals surface area contributed by atoms with Crippen molar-refractivity contribution in [2.45, 2.75) is 12.5 Å². The Kier molecular flexibility index (Phi) is 4.87. The number of para-hydroxylation sites is 2. The zero-order chi connectivity index (χ0) is 17.8. The molecule has 0 fully saturated rings. The van der Waals surface area contributed by atoms with E-state index in [2.05, 4.69) is 15.3 Å². The molecule has 0 aliphatic heterocycles. The largest absolute Gasteiger partial charge is 0.351 e. The highest BCUT2D eigenvalue weighted by Crippen LogP contribution is 2.24. The van der Waals surface area contributed by atoms with Crippen LogP contribution in [0.3, 0.4) is 0 Å². The number of carbonyl (C=O) groups is 1. The van der Waals surface area contributed by atoms with Crippen molar-refractivity contribution in [3.8, 4) is 6.07 Å². The van der Waals surface area contributed by atoms with Crippen molar-refractivity contribution < 1.29 is 9.18 Å². The van der Waals surface area contributed by atoms with Crippen molar-refractivity contribution in [1.82, 2.24) is 15.3 Å². The zero-order valence-electron chi connectivity index (χ0n) is 12.9. The SMILES string of the molecule is N#CC(C(=O)NCc1cccc(F)c1)c1nc2ccccc2nc1Cl. The van der Waals surface area contributed by atoms with Gasteiger partial charge in [0.2, 0.25) is 5.91 Å². The van der Waals surface area contributed by atoms with Crippen LogP contribution in [0.1, 0.15) is 17.2 Å². The summed E-state index contributed by atoms with van der Waals surface area (Å²) >= 11 is 6.10. The monoisotopic (exact) mass is 354 g/mol. The van der Waals surface area contributed by atoms with Crippen LogP contribution >= 0.6 is 11.6 Å². The number of nitriles is 1. The van der Waals surface area contributed by atoms with E-state index in [-0.39, 0.29) is 17.4 Å². The van der Waals surface area contributed by atoms with Gasteiger partial charge in [0.1, 0.15) is 11.5 Å². The Hall–Kier alpha value is -3.04. The van der Waals surface area contributed by atoms with E-state index in [1.807, 2.05) is 6.07 Å². The summed E-state index contributed by atoms with van der Waals surface area (Å²) in [4.78, 5) is 20.8. The fourth-order valence-electron chi connectivity index (χ4n) is 2.36. The molecule has 1 aromatic heterocycles. The molecular formula is C18H12ClFN4O. The van der Waals surface area contributed by atoms with Crippen LogP contribution in [0, 0.1) is 17.1 Å². The van der Waals surface area contributed by atoms with E-state index in [1.54, 1.807) is 36.4 Å². The number of fused-ring (bicyclic) bond motifs is 1. The summed E-state index contributed by atoms with van der Waals surface area (Å²) in [6.07, 6.45) is 0. The van der Waals surface area contributed by atoms with Crippen molar-refractivity contribution in [2.75, 3.05) is 0 Å². The molecule has 0 bridgehead atoms. The Morgan fingerprint density at radius 3 is 2.60 bits per heavy atom. The van der Waals surface area contributed by atoms with Gasteiger partial charge in [-0.2, -0.15) is 5.26 Å². The fraction of sp³-hybridized carbons (Fsp3) is 0.111. The van der Waals surface area contributed by atoms with E-state index in [0.29, 0.717) is 16.6 Å². The Bertz CT molecular complexity index is 986. The summed E-state index contributed by atoms with van der Waals surface area (Å²) in [6.45, 7) is 0.0907. The molecular weight excluding hydrogens is 343 g/mol. The molecule has 7 heteroatoms. The van der Waals surface area contributed by atoms with Crippen LogP contribution in [0.15, 0.2) is 48.5 Å². The first-order chi connectivity index (χ1) is 12.1. The Morgan fingerprint density at radius 1 is 1.20 bits per heavy atom. The first kappa shape index (κ1) is 16.8. The van der Waals surface area contributed by atoms with Crippen molar-refractivity contribution in [3.05, 3.63) is 70.8 Å². The van der Waals surface area contributed by atoms with E-state index in [4.69, 9.17) is 11.6 Å². The Morgan fingerprint density at radius 2 is 1.92 bits per heavy atom. The molecule has 2 aromatic carbocycles. The molecule has 0 saturated carbocycles. The van der Waals surface area contributed by atoms with Gasteiger partial charge >= 0.3 is 0 Å². The van der Waals surface area contributed by atoms with Crippen LogP contribution in [-0.4, -0.2) is 15.9 Å². The number of hydrogen-bond acceptors (Lipinski definition) is 4.